The molecule has 0 heterocycles. The van der Waals surface area contributed by atoms with E-state index in [1.54, 1.807) is 5.32 Å². The number of hydrogen-bond acceptors (Lipinski definition) is 5. The third-order valence-corrected chi connectivity index (χ3v) is 4.54. The Labute approximate surface area is 186 Å². The lowest BCUT2D eigenvalue weighted by Crippen LogP contribution is -2.33. The van der Waals surface area contributed by atoms with Crippen molar-refractivity contribution < 1.29 is 36.6 Å². The van der Waals surface area contributed by atoms with Crippen LogP contribution in [0.3, 0.4) is 0 Å². The molecular weight excluding hydrogens is 458 g/mol. The van der Waals surface area contributed by atoms with Gasteiger partial charge in [-0.05, 0) is 25.1 Å². The Bertz CT molecular complexity index is 1020. The van der Waals surface area contributed by atoms with Gasteiger partial charge in [0.25, 0.3) is 5.91 Å². The second kappa shape index (κ2) is 10.4. The van der Waals surface area contributed by atoms with E-state index in [1.807, 2.05) is 0 Å². The van der Waals surface area contributed by atoms with E-state index in [2.05, 4.69) is 10.6 Å². The van der Waals surface area contributed by atoms with E-state index >= 15 is 0 Å². The molecule has 2 rings (SSSR count). The largest absolute Gasteiger partial charge is 0.495 e. The van der Waals surface area contributed by atoms with Gasteiger partial charge in [0.15, 0.2) is 0 Å². The molecule has 0 radical (unpaired) electrons. The Morgan fingerprint density at radius 2 is 1.69 bits per heavy atom. The van der Waals surface area contributed by atoms with Gasteiger partial charge in [0, 0.05) is 22.9 Å². The number of halogens is 5. The molecule has 3 N–H and O–H groups in total. The molecule has 0 spiro atoms. The van der Waals surface area contributed by atoms with Crippen molar-refractivity contribution in [1.29, 1.82) is 0 Å². The van der Waals surface area contributed by atoms with E-state index in [1.165, 1.54) is 33.3 Å². The van der Waals surface area contributed by atoms with Crippen LogP contribution in [0, 0.1) is 12.7 Å². The summed E-state index contributed by atoms with van der Waals surface area (Å²) in [7, 11) is 2.81. The van der Waals surface area contributed by atoms with E-state index in [-0.39, 0.29) is 39.8 Å². The van der Waals surface area contributed by atoms with Crippen molar-refractivity contribution in [2.24, 2.45) is 0 Å². The van der Waals surface area contributed by atoms with Gasteiger partial charge in [-0.1, -0.05) is 11.6 Å². The minimum Gasteiger partial charge on any atom is -0.495 e. The third kappa shape index (κ3) is 6.64. The predicted octanol–water partition coefficient (Wildman–Crippen LogP) is 4.15. The minimum absolute atomic E-state index is 0.0667. The number of methoxy groups -OCH3 is 2. The van der Waals surface area contributed by atoms with Gasteiger partial charge in [-0.15, -0.1) is 0 Å². The Balaban J connectivity index is 2.12. The molecule has 2 aromatic rings. The summed E-state index contributed by atoms with van der Waals surface area (Å²) in [5.41, 5.74) is 0.0735. The summed E-state index contributed by atoms with van der Waals surface area (Å²) >= 11 is 6.06. The lowest BCUT2D eigenvalue weighted by atomic mass is 10.1. The first kappa shape index (κ1) is 25.1. The molecule has 174 valence electrons. The van der Waals surface area contributed by atoms with Crippen LogP contribution in [-0.4, -0.2) is 45.3 Å². The fourth-order valence-corrected chi connectivity index (χ4v) is 2.84. The highest BCUT2D eigenvalue weighted by molar-refractivity contribution is 6.32. The Morgan fingerprint density at radius 3 is 2.28 bits per heavy atom. The van der Waals surface area contributed by atoms with Gasteiger partial charge < -0.3 is 25.4 Å². The van der Waals surface area contributed by atoms with E-state index in [0.717, 1.165) is 12.1 Å². The monoisotopic (exact) mass is 477 g/mol. The Morgan fingerprint density at radius 1 is 1.03 bits per heavy atom. The molecule has 0 bridgehead atoms. The maximum Gasteiger partial charge on any atom is 0.405 e. The van der Waals surface area contributed by atoms with Crippen molar-refractivity contribution in [2.75, 3.05) is 37.9 Å². The normalized spacial score (nSPS) is 11.0. The summed E-state index contributed by atoms with van der Waals surface area (Å²) in [5.74, 6) is -1.87. The fourth-order valence-electron chi connectivity index (χ4n) is 2.60. The zero-order chi connectivity index (χ0) is 24.1. The molecule has 7 nitrogen and oxygen atoms in total. The quantitative estimate of drug-likeness (QED) is 0.497. The molecule has 0 aliphatic rings. The van der Waals surface area contributed by atoms with Crippen LogP contribution in [0.4, 0.5) is 28.9 Å². The first-order valence-corrected chi connectivity index (χ1v) is 9.43. The number of alkyl halides is 3. The van der Waals surface area contributed by atoms with Gasteiger partial charge in [0.05, 0.1) is 31.5 Å². The van der Waals surface area contributed by atoms with E-state index in [4.69, 9.17) is 21.1 Å². The summed E-state index contributed by atoms with van der Waals surface area (Å²) in [6.07, 6.45) is -4.61. The van der Waals surface area contributed by atoms with Crippen LogP contribution in [-0.2, 0) is 4.79 Å². The molecule has 32 heavy (non-hydrogen) atoms. The van der Waals surface area contributed by atoms with Gasteiger partial charge in [-0.2, -0.15) is 13.2 Å². The summed E-state index contributed by atoms with van der Waals surface area (Å²) in [4.78, 5) is 24.3. The van der Waals surface area contributed by atoms with Crippen molar-refractivity contribution >= 4 is 34.8 Å². The number of ether oxygens (including phenoxy) is 2. The van der Waals surface area contributed by atoms with Crippen LogP contribution in [0.5, 0.6) is 11.5 Å². The van der Waals surface area contributed by atoms with Crippen molar-refractivity contribution in [1.82, 2.24) is 5.32 Å². The van der Waals surface area contributed by atoms with E-state index < -0.39 is 30.4 Å². The number of nitrogens with one attached hydrogen (secondary N) is 3. The summed E-state index contributed by atoms with van der Waals surface area (Å²) in [5, 5.41) is 7.12. The molecule has 0 saturated carbocycles. The number of carbonyl (C=O) groups is 2. The molecular formula is C20H20ClF4N3O4. The minimum atomic E-state index is -4.61. The average molecular weight is 478 g/mol. The number of carbonyl (C=O) groups excluding carboxylic acids is 2. The van der Waals surface area contributed by atoms with Gasteiger partial charge in [0.1, 0.15) is 23.9 Å². The van der Waals surface area contributed by atoms with Crippen LogP contribution in [0.2, 0.25) is 5.02 Å². The maximum absolute atomic E-state index is 14.2. The van der Waals surface area contributed by atoms with Crippen molar-refractivity contribution in [3.05, 3.63) is 46.2 Å². The zero-order valence-electron chi connectivity index (χ0n) is 17.2. The fraction of sp³-hybridized carbons (Fsp3) is 0.300. The van der Waals surface area contributed by atoms with Crippen molar-refractivity contribution in [3.63, 3.8) is 0 Å². The highest BCUT2D eigenvalue weighted by Gasteiger charge is 2.28. The van der Waals surface area contributed by atoms with Crippen LogP contribution in [0.15, 0.2) is 24.3 Å². The van der Waals surface area contributed by atoms with Crippen molar-refractivity contribution in [2.45, 2.75) is 13.1 Å². The molecule has 0 saturated heterocycles. The predicted molar refractivity (Wildman–Crippen MR) is 111 cm³/mol. The molecule has 0 unspecified atom stereocenters. The van der Waals surface area contributed by atoms with Crippen LogP contribution >= 0.6 is 11.6 Å². The molecule has 0 atom stereocenters. The van der Waals surface area contributed by atoms with Gasteiger partial charge in [-0.3, -0.25) is 9.59 Å². The van der Waals surface area contributed by atoms with Crippen LogP contribution in [0.25, 0.3) is 0 Å². The Kier molecular flexibility index (Phi) is 8.14. The highest BCUT2D eigenvalue weighted by atomic mass is 35.5. The third-order valence-electron chi connectivity index (χ3n) is 4.24. The first-order valence-electron chi connectivity index (χ1n) is 9.05. The molecule has 0 aliphatic carbocycles. The average Bonchev–Trinajstić information content (AvgIpc) is 2.72. The molecule has 0 aliphatic heterocycles. The van der Waals surface area contributed by atoms with Crippen LogP contribution in [0.1, 0.15) is 15.9 Å². The molecule has 12 heteroatoms. The zero-order valence-corrected chi connectivity index (χ0v) is 18.0. The lowest BCUT2D eigenvalue weighted by Gasteiger charge is -2.15. The maximum atomic E-state index is 14.2. The number of rotatable bonds is 8. The number of benzene rings is 2. The van der Waals surface area contributed by atoms with Gasteiger partial charge >= 0.3 is 6.18 Å². The topological polar surface area (TPSA) is 88.7 Å². The SMILES string of the molecule is COc1cc(OC)c(NC(=O)CNc2cc(C(=O)NCC(F)(F)F)cc(F)c2C)cc1Cl. The second-order valence-electron chi connectivity index (χ2n) is 6.52. The van der Waals surface area contributed by atoms with Gasteiger partial charge in [0.2, 0.25) is 5.91 Å². The van der Waals surface area contributed by atoms with Gasteiger partial charge in [-0.25, -0.2) is 4.39 Å². The van der Waals surface area contributed by atoms with E-state index in [9.17, 15) is 27.2 Å². The summed E-state index contributed by atoms with van der Waals surface area (Å²) < 4.78 is 61.3. The molecule has 0 fully saturated rings. The second-order valence-corrected chi connectivity index (χ2v) is 6.92. The lowest BCUT2D eigenvalue weighted by molar-refractivity contribution is -0.123. The molecule has 2 aromatic carbocycles. The smallest absolute Gasteiger partial charge is 0.405 e. The highest BCUT2D eigenvalue weighted by Crippen LogP contribution is 2.35. The number of hydrogen-bond donors (Lipinski definition) is 3. The van der Waals surface area contributed by atoms with Crippen LogP contribution < -0.4 is 25.4 Å². The molecule has 0 aromatic heterocycles. The molecule has 2 amide bonds. The number of anilines is 2. The summed E-state index contributed by atoms with van der Waals surface area (Å²) in [6, 6.07) is 4.88. The Hall–Kier alpha value is -3.21. The number of amides is 2. The van der Waals surface area contributed by atoms with Crippen molar-refractivity contribution in [3.8, 4) is 11.5 Å². The first-order chi connectivity index (χ1) is 14.9. The summed E-state index contributed by atoms with van der Waals surface area (Å²) in [6.45, 7) is -0.515. The standard InChI is InChI=1S/C20H20ClF4N3O4/c1-10-13(22)4-11(19(30)27-9-20(23,24)25)5-14(10)26-8-18(29)28-15-6-12(21)16(31-2)7-17(15)32-3/h4-7,26H,8-9H2,1-3H3,(H,27,30)(H,28,29). The van der Waals surface area contributed by atoms with E-state index in [0.29, 0.717) is 5.75 Å².